The zero-order valence-electron chi connectivity index (χ0n) is 10.9. The lowest BCUT2D eigenvalue weighted by Crippen LogP contribution is -2.38. The van der Waals surface area contributed by atoms with Crippen molar-refractivity contribution in [1.29, 1.82) is 0 Å². The molecule has 0 aromatic heterocycles. The van der Waals surface area contributed by atoms with Gasteiger partial charge in [-0.05, 0) is 31.3 Å². The Labute approximate surface area is 112 Å². The number of ether oxygens (including phenoxy) is 1. The van der Waals surface area contributed by atoms with E-state index in [9.17, 15) is 9.18 Å². The Morgan fingerprint density at radius 2 is 2.11 bits per heavy atom. The monoisotopic (exact) mass is 270 g/mol. The first-order valence-corrected chi connectivity index (χ1v) is 6.06. The van der Waals surface area contributed by atoms with Crippen LogP contribution in [-0.4, -0.2) is 55.8 Å². The van der Waals surface area contributed by atoms with E-state index in [1.807, 2.05) is 0 Å². The van der Waals surface area contributed by atoms with E-state index in [1.54, 1.807) is 11.9 Å². The van der Waals surface area contributed by atoms with Crippen molar-refractivity contribution in [2.45, 2.75) is 0 Å². The molecule has 0 heterocycles. The number of hydrogen-bond donors (Lipinski definition) is 2. The van der Waals surface area contributed by atoms with Crippen LogP contribution in [0.3, 0.4) is 0 Å². The minimum absolute atomic E-state index is 0.0253. The average Bonchev–Trinajstić information content (AvgIpc) is 2.37. The number of amides is 1. The molecule has 1 aromatic rings. The van der Waals surface area contributed by atoms with Crippen LogP contribution in [0.5, 0.6) is 5.75 Å². The Bertz CT molecular complexity index is 384. The summed E-state index contributed by atoms with van der Waals surface area (Å²) in [6.07, 6.45) is 0. The fraction of sp³-hybridized carbons (Fsp3) is 0.462. The zero-order valence-corrected chi connectivity index (χ0v) is 10.9. The summed E-state index contributed by atoms with van der Waals surface area (Å²) in [5, 5.41) is 11.4. The van der Waals surface area contributed by atoms with E-state index in [0.717, 1.165) is 0 Å². The van der Waals surface area contributed by atoms with Gasteiger partial charge >= 0.3 is 0 Å². The smallest absolute Gasteiger partial charge is 0.234 e. The molecule has 1 aromatic carbocycles. The SMILES string of the molecule is CN(CCO)CC(=O)NCCOc1ccc(F)cc1. The van der Waals surface area contributed by atoms with Crippen molar-refractivity contribution in [3.8, 4) is 5.75 Å². The molecule has 1 rings (SSSR count). The molecule has 0 aliphatic carbocycles. The minimum atomic E-state index is -0.312. The molecule has 1 amide bonds. The topological polar surface area (TPSA) is 61.8 Å². The maximum absolute atomic E-state index is 12.6. The van der Waals surface area contributed by atoms with E-state index in [-0.39, 0.29) is 24.9 Å². The normalized spacial score (nSPS) is 10.5. The van der Waals surface area contributed by atoms with E-state index in [2.05, 4.69) is 5.32 Å². The third kappa shape index (κ3) is 6.73. The molecular formula is C13H19FN2O3. The summed E-state index contributed by atoms with van der Waals surface area (Å²) in [5.74, 6) is 0.124. The number of halogens is 1. The van der Waals surface area contributed by atoms with Gasteiger partial charge in [0.25, 0.3) is 0 Å². The van der Waals surface area contributed by atoms with Crippen LogP contribution in [-0.2, 0) is 4.79 Å². The van der Waals surface area contributed by atoms with Crippen molar-refractivity contribution in [3.63, 3.8) is 0 Å². The fourth-order valence-electron chi connectivity index (χ4n) is 1.44. The lowest BCUT2D eigenvalue weighted by molar-refractivity contribution is -0.122. The van der Waals surface area contributed by atoms with Gasteiger partial charge in [0.2, 0.25) is 5.91 Å². The molecule has 19 heavy (non-hydrogen) atoms. The number of carbonyl (C=O) groups excluding carboxylic acids is 1. The first kappa shape index (κ1) is 15.4. The summed E-state index contributed by atoms with van der Waals surface area (Å²) in [6.45, 7) is 1.42. The Kier molecular flexibility index (Phi) is 6.84. The summed E-state index contributed by atoms with van der Waals surface area (Å²) in [4.78, 5) is 13.2. The second-order valence-corrected chi connectivity index (χ2v) is 4.11. The molecule has 2 N–H and O–H groups in total. The average molecular weight is 270 g/mol. The molecule has 0 radical (unpaired) electrons. The zero-order chi connectivity index (χ0) is 14.1. The first-order chi connectivity index (χ1) is 9.11. The molecule has 0 saturated carbocycles. The van der Waals surface area contributed by atoms with Gasteiger partial charge in [0.05, 0.1) is 19.7 Å². The predicted octanol–water partition coefficient (Wildman–Crippen LogP) is 0.245. The number of nitrogens with zero attached hydrogens (tertiary/aromatic N) is 1. The summed E-state index contributed by atoms with van der Waals surface area (Å²) in [6, 6.07) is 5.70. The summed E-state index contributed by atoms with van der Waals surface area (Å²) < 4.78 is 18.0. The molecular weight excluding hydrogens is 251 g/mol. The largest absolute Gasteiger partial charge is 0.492 e. The maximum Gasteiger partial charge on any atom is 0.234 e. The van der Waals surface area contributed by atoms with E-state index in [1.165, 1.54) is 24.3 Å². The van der Waals surface area contributed by atoms with Crippen LogP contribution in [0.4, 0.5) is 4.39 Å². The Hall–Kier alpha value is -1.66. The molecule has 0 fully saturated rings. The molecule has 0 aliphatic rings. The Morgan fingerprint density at radius 3 is 2.74 bits per heavy atom. The van der Waals surface area contributed by atoms with Gasteiger partial charge < -0.3 is 15.2 Å². The highest BCUT2D eigenvalue weighted by Gasteiger charge is 2.05. The van der Waals surface area contributed by atoms with Crippen LogP contribution in [0.1, 0.15) is 0 Å². The molecule has 0 aliphatic heterocycles. The van der Waals surface area contributed by atoms with Gasteiger partial charge in [-0.15, -0.1) is 0 Å². The van der Waals surface area contributed by atoms with E-state index in [4.69, 9.17) is 9.84 Å². The quantitative estimate of drug-likeness (QED) is 0.665. The van der Waals surface area contributed by atoms with Crippen LogP contribution in [0.25, 0.3) is 0 Å². The summed E-state index contributed by atoms with van der Waals surface area (Å²) in [5.41, 5.74) is 0. The van der Waals surface area contributed by atoms with Crippen LogP contribution < -0.4 is 10.1 Å². The standard InChI is InChI=1S/C13H19FN2O3/c1-16(7-8-17)10-13(18)15-6-9-19-12-4-2-11(14)3-5-12/h2-5,17H,6-10H2,1H3,(H,15,18). The Morgan fingerprint density at radius 1 is 1.42 bits per heavy atom. The van der Waals surface area contributed by atoms with Gasteiger partial charge in [0, 0.05) is 6.54 Å². The predicted molar refractivity (Wildman–Crippen MR) is 69.5 cm³/mol. The van der Waals surface area contributed by atoms with Crippen LogP contribution in [0.2, 0.25) is 0 Å². The molecule has 106 valence electrons. The van der Waals surface area contributed by atoms with E-state index >= 15 is 0 Å². The highest BCUT2D eigenvalue weighted by atomic mass is 19.1. The molecule has 0 spiro atoms. The number of likely N-dealkylation sites (N-methyl/N-ethyl adjacent to an activating group) is 1. The Balaban J connectivity index is 2.13. The first-order valence-electron chi connectivity index (χ1n) is 6.06. The molecule has 0 saturated heterocycles. The van der Waals surface area contributed by atoms with Gasteiger partial charge in [0.15, 0.2) is 0 Å². The third-order valence-electron chi connectivity index (χ3n) is 2.40. The lowest BCUT2D eigenvalue weighted by atomic mass is 10.3. The molecule has 0 unspecified atom stereocenters. The number of hydrogen-bond acceptors (Lipinski definition) is 4. The van der Waals surface area contributed by atoms with Gasteiger partial charge in [-0.3, -0.25) is 9.69 Å². The van der Waals surface area contributed by atoms with E-state index < -0.39 is 0 Å². The van der Waals surface area contributed by atoms with Crippen molar-refractivity contribution in [1.82, 2.24) is 10.2 Å². The number of rotatable bonds is 8. The number of aliphatic hydroxyl groups excluding tert-OH is 1. The van der Waals surface area contributed by atoms with Crippen LogP contribution in [0, 0.1) is 5.82 Å². The van der Waals surface area contributed by atoms with Crippen LogP contribution >= 0.6 is 0 Å². The van der Waals surface area contributed by atoms with Crippen molar-refractivity contribution in [2.24, 2.45) is 0 Å². The second kappa shape index (κ2) is 8.44. The highest BCUT2D eigenvalue weighted by Crippen LogP contribution is 2.10. The number of nitrogens with one attached hydrogen (secondary N) is 1. The lowest BCUT2D eigenvalue weighted by Gasteiger charge is -2.14. The van der Waals surface area contributed by atoms with Gasteiger partial charge in [-0.1, -0.05) is 0 Å². The summed E-state index contributed by atoms with van der Waals surface area (Å²) >= 11 is 0. The second-order valence-electron chi connectivity index (χ2n) is 4.11. The van der Waals surface area contributed by atoms with Crippen LogP contribution in [0.15, 0.2) is 24.3 Å². The van der Waals surface area contributed by atoms with Crippen molar-refractivity contribution >= 4 is 5.91 Å². The third-order valence-corrected chi connectivity index (χ3v) is 2.40. The van der Waals surface area contributed by atoms with Gasteiger partial charge in [0.1, 0.15) is 18.2 Å². The van der Waals surface area contributed by atoms with Crippen molar-refractivity contribution in [2.75, 3.05) is 39.9 Å². The van der Waals surface area contributed by atoms with Crippen molar-refractivity contribution < 1.29 is 19.0 Å². The number of aliphatic hydroxyl groups is 1. The number of benzene rings is 1. The molecule has 6 heteroatoms. The maximum atomic E-state index is 12.6. The number of carbonyl (C=O) groups is 1. The van der Waals surface area contributed by atoms with Crippen molar-refractivity contribution in [3.05, 3.63) is 30.1 Å². The highest BCUT2D eigenvalue weighted by molar-refractivity contribution is 5.77. The summed E-state index contributed by atoms with van der Waals surface area (Å²) in [7, 11) is 1.75. The minimum Gasteiger partial charge on any atom is -0.492 e. The molecule has 0 atom stereocenters. The van der Waals surface area contributed by atoms with E-state index in [0.29, 0.717) is 25.4 Å². The molecule has 5 nitrogen and oxygen atoms in total. The van der Waals surface area contributed by atoms with Gasteiger partial charge in [-0.2, -0.15) is 0 Å². The fourth-order valence-corrected chi connectivity index (χ4v) is 1.44. The van der Waals surface area contributed by atoms with Gasteiger partial charge in [-0.25, -0.2) is 4.39 Å². The molecule has 0 bridgehead atoms.